The van der Waals surface area contributed by atoms with Gasteiger partial charge in [0.2, 0.25) is 0 Å². The van der Waals surface area contributed by atoms with E-state index >= 15 is 0 Å². The summed E-state index contributed by atoms with van der Waals surface area (Å²) in [6, 6.07) is 0. The van der Waals surface area contributed by atoms with E-state index in [0.717, 1.165) is 37.5 Å². The third-order valence-corrected chi connectivity index (χ3v) is 4.38. The summed E-state index contributed by atoms with van der Waals surface area (Å²) >= 11 is 0. The zero-order valence-electron chi connectivity index (χ0n) is 11.3. The molecule has 0 radical (unpaired) electrons. The molecule has 1 aliphatic rings. The highest BCUT2D eigenvalue weighted by atomic mass is 16.5. The van der Waals surface area contributed by atoms with Gasteiger partial charge in [-0.2, -0.15) is 0 Å². The molecule has 1 saturated carbocycles. The van der Waals surface area contributed by atoms with Crippen LogP contribution in [0.3, 0.4) is 0 Å². The molecule has 0 bridgehead atoms. The van der Waals surface area contributed by atoms with Crippen LogP contribution in [0.1, 0.15) is 52.9 Å². The number of aliphatic hydroxyl groups excluding tert-OH is 1. The predicted molar refractivity (Wildman–Crippen MR) is 67.4 cm³/mol. The molecule has 5 atom stereocenters. The molecule has 2 nitrogen and oxygen atoms in total. The lowest BCUT2D eigenvalue weighted by Crippen LogP contribution is -2.38. The molecule has 1 fully saturated rings. The molecule has 96 valence electrons. The van der Waals surface area contributed by atoms with E-state index in [2.05, 4.69) is 20.8 Å². The lowest BCUT2D eigenvalue weighted by Gasteiger charge is -2.37. The van der Waals surface area contributed by atoms with E-state index in [0.29, 0.717) is 5.92 Å². The first kappa shape index (κ1) is 14.0. The number of hydrogen-bond donors (Lipinski definition) is 1. The van der Waals surface area contributed by atoms with Crippen molar-refractivity contribution in [1.29, 1.82) is 0 Å². The second-order valence-electron chi connectivity index (χ2n) is 5.58. The monoisotopic (exact) mass is 228 g/mol. The second kappa shape index (κ2) is 6.61. The maximum Gasteiger partial charge on any atom is 0.0832 e. The Morgan fingerprint density at radius 2 is 1.94 bits per heavy atom. The van der Waals surface area contributed by atoms with Crippen molar-refractivity contribution < 1.29 is 9.84 Å². The average molecular weight is 228 g/mol. The molecule has 0 heterocycles. The first-order valence-electron chi connectivity index (χ1n) is 6.81. The molecule has 16 heavy (non-hydrogen) atoms. The van der Waals surface area contributed by atoms with Gasteiger partial charge in [0.15, 0.2) is 0 Å². The molecule has 1 aliphatic carbocycles. The van der Waals surface area contributed by atoms with Gasteiger partial charge in [0.25, 0.3) is 0 Å². The van der Waals surface area contributed by atoms with Crippen LogP contribution < -0.4 is 0 Å². The van der Waals surface area contributed by atoms with Gasteiger partial charge in [-0.25, -0.2) is 0 Å². The van der Waals surface area contributed by atoms with Gasteiger partial charge in [-0.1, -0.05) is 33.6 Å². The van der Waals surface area contributed by atoms with Crippen molar-refractivity contribution in [2.75, 3.05) is 7.11 Å². The van der Waals surface area contributed by atoms with Crippen LogP contribution in [-0.4, -0.2) is 24.4 Å². The van der Waals surface area contributed by atoms with E-state index in [4.69, 9.17) is 4.74 Å². The fourth-order valence-electron chi connectivity index (χ4n) is 2.92. The highest BCUT2D eigenvalue weighted by Crippen LogP contribution is 2.36. The largest absolute Gasteiger partial charge is 0.390 e. The summed E-state index contributed by atoms with van der Waals surface area (Å²) in [6.07, 6.45) is 5.40. The van der Waals surface area contributed by atoms with E-state index < -0.39 is 0 Å². The van der Waals surface area contributed by atoms with Gasteiger partial charge in [-0.15, -0.1) is 0 Å². The molecular formula is C14H28O2. The fraction of sp³-hybridized carbons (Fsp3) is 1.00. The third kappa shape index (κ3) is 3.46. The number of hydrogen-bond acceptors (Lipinski definition) is 2. The fourth-order valence-corrected chi connectivity index (χ4v) is 2.92. The van der Waals surface area contributed by atoms with Crippen LogP contribution in [0.2, 0.25) is 0 Å². The van der Waals surface area contributed by atoms with E-state index in [1.165, 1.54) is 6.42 Å². The zero-order valence-corrected chi connectivity index (χ0v) is 11.3. The Labute approximate surface area is 100 Å². The minimum atomic E-state index is -0.264. The van der Waals surface area contributed by atoms with Gasteiger partial charge < -0.3 is 9.84 Å². The number of ether oxygens (including phenoxy) is 1. The van der Waals surface area contributed by atoms with Crippen molar-refractivity contribution >= 4 is 0 Å². The average Bonchev–Trinajstić information content (AvgIpc) is 2.28. The molecule has 0 saturated heterocycles. The summed E-state index contributed by atoms with van der Waals surface area (Å²) < 4.78 is 5.42. The van der Waals surface area contributed by atoms with Gasteiger partial charge in [-0.05, 0) is 37.0 Å². The molecule has 0 aromatic heterocycles. The smallest absolute Gasteiger partial charge is 0.0832 e. The SMILES string of the molecule is CCCC(OC)C(O)C1CCC(C)C(C)C1. The van der Waals surface area contributed by atoms with E-state index in [-0.39, 0.29) is 12.2 Å². The minimum Gasteiger partial charge on any atom is -0.390 e. The van der Waals surface area contributed by atoms with Gasteiger partial charge in [0.05, 0.1) is 12.2 Å². The number of aliphatic hydroxyl groups is 1. The van der Waals surface area contributed by atoms with Gasteiger partial charge >= 0.3 is 0 Å². The van der Waals surface area contributed by atoms with Crippen LogP contribution in [0, 0.1) is 17.8 Å². The summed E-state index contributed by atoms with van der Waals surface area (Å²) in [7, 11) is 1.72. The minimum absolute atomic E-state index is 0.0376. The van der Waals surface area contributed by atoms with Crippen LogP contribution in [0.4, 0.5) is 0 Å². The Morgan fingerprint density at radius 1 is 1.25 bits per heavy atom. The molecular weight excluding hydrogens is 200 g/mol. The van der Waals surface area contributed by atoms with Gasteiger partial charge in [-0.3, -0.25) is 0 Å². The molecule has 1 rings (SSSR count). The summed E-state index contributed by atoms with van der Waals surface area (Å²) in [5, 5.41) is 10.3. The van der Waals surface area contributed by atoms with Crippen molar-refractivity contribution in [2.45, 2.75) is 65.1 Å². The Kier molecular flexibility index (Phi) is 5.77. The Morgan fingerprint density at radius 3 is 2.44 bits per heavy atom. The molecule has 0 aromatic carbocycles. The topological polar surface area (TPSA) is 29.5 Å². The predicted octanol–water partition coefficient (Wildman–Crippen LogP) is 3.23. The zero-order chi connectivity index (χ0) is 12.1. The van der Waals surface area contributed by atoms with Crippen LogP contribution in [0.15, 0.2) is 0 Å². The maximum absolute atomic E-state index is 10.3. The molecule has 5 unspecified atom stereocenters. The lowest BCUT2D eigenvalue weighted by molar-refractivity contribution is -0.0606. The Bertz CT molecular complexity index is 193. The van der Waals surface area contributed by atoms with Crippen LogP contribution in [0.5, 0.6) is 0 Å². The maximum atomic E-state index is 10.3. The quantitative estimate of drug-likeness (QED) is 0.783. The number of rotatable bonds is 5. The Balaban J connectivity index is 2.49. The van der Waals surface area contributed by atoms with Crippen molar-refractivity contribution in [3.8, 4) is 0 Å². The van der Waals surface area contributed by atoms with Crippen LogP contribution in [0.25, 0.3) is 0 Å². The normalized spacial score (nSPS) is 34.7. The Hall–Kier alpha value is -0.0800. The number of methoxy groups -OCH3 is 1. The molecule has 0 aromatic rings. The van der Waals surface area contributed by atoms with Crippen LogP contribution in [-0.2, 0) is 4.74 Å². The van der Waals surface area contributed by atoms with E-state index in [1.54, 1.807) is 7.11 Å². The third-order valence-electron chi connectivity index (χ3n) is 4.38. The first-order valence-corrected chi connectivity index (χ1v) is 6.81. The molecule has 2 heteroatoms. The van der Waals surface area contributed by atoms with Crippen molar-refractivity contribution in [1.82, 2.24) is 0 Å². The highest BCUT2D eigenvalue weighted by molar-refractivity contribution is 4.83. The molecule has 0 aliphatic heterocycles. The summed E-state index contributed by atoms with van der Waals surface area (Å²) in [5.41, 5.74) is 0. The van der Waals surface area contributed by atoms with Crippen molar-refractivity contribution in [2.24, 2.45) is 17.8 Å². The van der Waals surface area contributed by atoms with Crippen molar-refractivity contribution in [3.63, 3.8) is 0 Å². The summed E-state index contributed by atoms with van der Waals surface area (Å²) in [5.74, 6) is 2.01. The van der Waals surface area contributed by atoms with Gasteiger partial charge in [0, 0.05) is 7.11 Å². The molecule has 0 spiro atoms. The summed E-state index contributed by atoms with van der Waals surface area (Å²) in [6.45, 7) is 6.78. The van der Waals surface area contributed by atoms with Gasteiger partial charge in [0.1, 0.15) is 0 Å². The van der Waals surface area contributed by atoms with E-state index in [1.807, 2.05) is 0 Å². The lowest BCUT2D eigenvalue weighted by atomic mass is 9.73. The molecule has 1 N–H and O–H groups in total. The molecule has 0 amide bonds. The highest BCUT2D eigenvalue weighted by Gasteiger charge is 2.32. The summed E-state index contributed by atoms with van der Waals surface area (Å²) in [4.78, 5) is 0. The van der Waals surface area contributed by atoms with E-state index in [9.17, 15) is 5.11 Å². The van der Waals surface area contributed by atoms with Crippen molar-refractivity contribution in [3.05, 3.63) is 0 Å². The second-order valence-corrected chi connectivity index (χ2v) is 5.58. The van der Waals surface area contributed by atoms with Crippen LogP contribution >= 0.6 is 0 Å². The standard InChI is InChI=1S/C14H28O2/c1-5-6-13(16-4)14(15)12-8-7-10(2)11(3)9-12/h10-15H,5-9H2,1-4H3. The first-order chi connectivity index (χ1) is 7.60.